The van der Waals surface area contributed by atoms with Crippen LogP contribution in [0.2, 0.25) is 5.02 Å². The molecule has 68 valence electrons. The molecular formula is C9H7BrClNO. The minimum Gasteiger partial charge on any atom is -0.337 e. The Kier molecular flexibility index (Phi) is 2.08. The van der Waals surface area contributed by atoms with E-state index < -0.39 is 0 Å². The molecule has 13 heavy (non-hydrogen) atoms. The summed E-state index contributed by atoms with van der Waals surface area (Å²) >= 11 is 9.37. The molecule has 1 aliphatic rings. The molecule has 0 aromatic heterocycles. The molecule has 1 amide bonds. The van der Waals surface area contributed by atoms with E-state index in [1.165, 1.54) is 0 Å². The summed E-state index contributed by atoms with van der Waals surface area (Å²) in [6, 6.07) is 3.61. The SMILES string of the molecule is CN1Cc2c(ccc(Br)c2Cl)C1=O. The fraction of sp³-hybridized carbons (Fsp3) is 0.222. The number of hydrogen-bond donors (Lipinski definition) is 0. The van der Waals surface area contributed by atoms with Crippen molar-refractivity contribution in [1.29, 1.82) is 0 Å². The highest BCUT2D eigenvalue weighted by Crippen LogP contribution is 2.33. The van der Waals surface area contributed by atoms with Crippen molar-refractivity contribution >= 4 is 33.4 Å². The summed E-state index contributed by atoms with van der Waals surface area (Å²) in [6.07, 6.45) is 0. The van der Waals surface area contributed by atoms with Crippen LogP contribution in [-0.4, -0.2) is 17.9 Å². The summed E-state index contributed by atoms with van der Waals surface area (Å²) in [6.45, 7) is 0.604. The van der Waals surface area contributed by atoms with E-state index in [-0.39, 0.29) is 5.91 Å². The molecule has 0 atom stereocenters. The van der Waals surface area contributed by atoms with E-state index in [9.17, 15) is 4.79 Å². The third-order valence-electron chi connectivity index (χ3n) is 2.17. The lowest BCUT2D eigenvalue weighted by atomic mass is 10.1. The van der Waals surface area contributed by atoms with E-state index >= 15 is 0 Å². The first-order valence-corrected chi connectivity index (χ1v) is 5.00. The van der Waals surface area contributed by atoms with E-state index in [4.69, 9.17) is 11.6 Å². The third kappa shape index (κ3) is 1.27. The highest BCUT2D eigenvalue weighted by molar-refractivity contribution is 9.10. The molecule has 1 aromatic carbocycles. The molecular weight excluding hydrogens is 253 g/mol. The molecule has 2 nitrogen and oxygen atoms in total. The minimum atomic E-state index is 0.0457. The Bertz CT molecular complexity index is 391. The Labute approximate surface area is 89.6 Å². The Morgan fingerprint density at radius 3 is 2.92 bits per heavy atom. The van der Waals surface area contributed by atoms with Gasteiger partial charge in [-0.1, -0.05) is 11.6 Å². The van der Waals surface area contributed by atoms with Crippen LogP contribution in [0.1, 0.15) is 15.9 Å². The van der Waals surface area contributed by atoms with Gasteiger partial charge < -0.3 is 4.90 Å². The van der Waals surface area contributed by atoms with Gasteiger partial charge in [0.2, 0.25) is 0 Å². The van der Waals surface area contributed by atoms with Crippen LogP contribution in [0.4, 0.5) is 0 Å². The van der Waals surface area contributed by atoms with Crippen molar-refractivity contribution in [1.82, 2.24) is 4.90 Å². The van der Waals surface area contributed by atoms with Gasteiger partial charge in [-0.2, -0.15) is 0 Å². The second-order valence-corrected chi connectivity index (χ2v) is 4.28. The molecule has 0 fully saturated rings. The molecule has 1 aromatic rings. The lowest BCUT2D eigenvalue weighted by molar-refractivity contribution is 0.0816. The first-order chi connectivity index (χ1) is 6.11. The highest BCUT2D eigenvalue weighted by atomic mass is 79.9. The highest BCUT2D eigenvalue weighted by Gasteiger charge is 2.26. The molecule has 0 N–H and O–H groups in total. The van der Waals surface area contributed by atoms with Crippen molar-refractivity contribution in [3.8, 4) is 0 Å². The average molecular weight is 261 g/mol. The fourth-order valence-electron chi connectivity index (χ4n) is 1.46. The van der Waals surface area contributed by atoms with Crippen LogP contribution in [0.3, 0.4) is 0 Å². The van der Waals surface area contributed by atoms with Gasteiger partial charge in [0.15, 0.2) is 0 Å². The Balaban J connectivity index is 2.64. The largest absolute Gasteiger partial charge is 0.337 e. The maximum absolute atomic E-state index is 11.5. The Hall–Kier alpha value is -0.540. The monoisotopic (exact) mass is 259 g/mol. The van der Waals surface area contributed by atoms with Crippen LogP contribution in [0.25, 0.3) is 0 Å². The van der Waals surface area contributed by atoms with Crippen molar-refractivity contribution in [2.24, 2.45) is 0 Å². The number of nitrogens with zero attached hydrogens (tertiary/aromatic N) is 1. The zero-order chi connectivity index (χ0) is 9.59. The van der Waals surface area contributed by atoms with Gasteiger partial charge in [0.1, 0.15) is 0 Å². The lowest BCUT2D eigenvalue weighted by Gasteiger charge is -2.04. The molecule has 0 radical (unpaired) electrons. The smallest absolute Gasteiger partial charge is 0.254 e. The van der Waals surface area contributed by atoms with Gasteiger partial charge in [-0.15, -0.1) is 0 Å². The van der Waals surface area contributed by atoms with Crippen molar-refractivity contribution < 1.29 is 4.79 Å². The first-order valence-electron chi connectivity index (χ1n) is 3.83. The topological polar surface area (TPSA) is 20.3 Å². The molecule has 2 rings (SSSR count). The second-order valence-electron chi connectivity index (χ2n) is 3.05. The van der Waals surface area contributed by atoms with Crippen LogP contribution in [0.15, 0.2) is 16.6 Å². The Morgan fingerprint density at radius 2 is 2.23 bits per heavy atom. The Morgan fingerprint density at radius 1 is 1.54 bits per heavy atom. The summed E-state index contributed by atoms with van der Waals surface area (Å²) in [5.74, 6) is 0.0457. The number of benzene rings is 1. The van der Waals surface area contributed by atoms with Crippen molar-refractivity contribution in [3.05, 3.63) is 32.8 Å². The van der Waals surface area contributed by atoms with Crippen LogP contribution in [-0.2, 0) is 6.54 Å². The van der Waals surface area contributed by atoms with Gasteiger partial charge in [0, 0.05) is 29.2 Å². The first kappa shape index (κ1) is 9.03. The maximum atomic E-state index is 11.5. The van der Waals surface area contributed by atoms with Crippen molar-refractivity contribution in [2.75, 3.05) is 7.05 Å². The minimum absolute atomic E-state index is 0.0457. The normalized spacial score (nSPS) is 15.0. The third-order valence-corrected chi connectivity index (χ3v) is 3.49. The molecule has 1 heterocycles. The van der Waals surface area contributed by atoms with E-state index in [0.29, 0.717) is 11.6 Å². The number of rotatable bonds is 0. The van der Waals surface area contributed by atoms with Crippen molar-refractivity contribution in [2.45, 2.75) is 6.54 Å². The number of carbonyl (C=O) groups excluding carboxylic acids is 1. The molecule has 0 aliphatic carbocycles. The van der Waals surface area contributed by atoms with Gasteiger partial charge in [-0.25, -0.2) is 0 Å². The van der Waals surface area contributed by atoms with Crippen LogP contribution in [0, 0.1) is 0 Å². The molecule has 0 unspecified atom stereocenters. The number of hydrogen-bond acceptors (Lipinski definition) is 1. The summed E-state index contributed by atoms with van der Waals surface area (Å²) in [5, 5.41) is 0.648. The molecule has 0 saturated heterocycles. The molecule has 0 saturated carbocycles. The summed E-state index contributed by atoms with van der Waals surface area (Å²) < 4.78 is 0.844. The number of halogens is 2. The van der Waals surface area contributed by atoms with Gasteiger partial charge in [-0.3, -0.25) is 4.79 Å². The lowest BCUT2D eigenvalue weighted by Crippen LogP contribution is -2.17. The van der Waals surface area contributed by atoms with Gasteiger partial charge in [-0.05, 0) is 28.1 Å². The molecule has 0 spiro atoms. The van der Waals surface area contributed by atoms with Gasteiger partial charge >= 0.3 is 0 Å². The second kappa shape index (κ2) is 3.00. The quantitative estimate of drug-likeness (QED) is 0.702. The summed E-state index contributed by atoms with van der Waals surface area (Å²) in [4.78, 5) is 13.2. The number of fused-ring (bicyclic) bond motifs is 1. The zero-order valence-corrected chi connectivity index (χ0v) is 9.32. The summed E-state index contributed by atoms with van der Waals surface area (Å²) in [5.41, 5.74) is 1.64. The predicted molar refractivity (Wildman–Crippen MR) is 54.9 cm³/mol. The van der Waals surface area contributed by atoms with Gasteiger partial charge in [0.25, 0.3) is 5.91 Å². The van der Waals surface area contributed by atoms with E-state index in [1.54, 1.807) is 24.1 Å². The van der Waals surface area contributed by atoms with E-state index in [2.05, 4.69) is 15.9 Å². The molecule has 0 bridgehead atoms. The van der Waals surface area contributed by atoms with E-state index in [1.807, 2.05) is 0 Å². The fourth-order valence-corrected chi connectivity index (χ4v) is 2.06. The number of carbonyl (C=O) groups is 1. The maximum Gasteiger partial charge on any atom is 0.254 e. The van der Waals surface area contributed by atoms with Crippen LogP contribution in [0.5, 0.6) is 0 Å². The summed E-state index contributed by atoms with van der Waals surface area (Å²) in [7, 11) is 1.77. The molecule has 4 heteroatoms. The van der Waals surface area contributed by atoms with E-state index in [0.717, 1.165) is 15.6 Å². The van der Waals surface area contributed by atoms with Crippen molar-refractivity contribution in [3.63, 3.8) is 0 Å². The number of amides is 1. The predicted octanol–water partition coefficient (Wildman–Crippen LogP) is 2.69. The van der Waals surface area contributed by atoms with Crippen LogP contribution < -0.4 is 0 Å². The zero-order valence-electron chi connectivity index (χ0n) is 6.97. The standard InChI is InChI=1S/C9H7BrClNO/c1-12-4-6-5(9(12)13)2-3-7(10)8(6)11/h2-3H,4H2,1H3. The van der Waals surface area contributed by atoms with Crippen LogP contribution >= 0.6 is 27.5 Å². The average Bonchev–Trinajstić information content (AvgIpc) is 2.38. The van der Waals surface area contributed by atoms with Gasteiger partial charge in [0.05, 0.1) is 5.02 Å². The molecule has 1 aliphatic heterocycles.